The largest absolute Gasteiger partial charge is 0.497 e. The van der Waals surface area contributed by atoms with Crippen LogP contribution in [0.5, 0.6) is 5.75 Å². The van der Waals surface area contributed by atoms with E-state index in [1.54, 1.807) is 7.11 Å². The summed E-state index contributed by atoms with van der Waals surface area (Å²) in [4.78, 5) is 11.2. The van der Waals surface area contributed by atoms with Crippen LogP contribution in [-0.4, -0.2) is 20.2 Å². The lowest BCUT2D eigenvalue weighted by atomic mass is 9.92. The van der Waals surface area contributed by atoms with Crippen molar-refractivity contribution in [2.24, 2.45) is 0 Å². The molecule has 0 aliphatic rings. The van der Waals surface area contributed by atoms with E-state index in [4.69, 9.17) is 4.74 Å². The van der Waals surface area contributed by atoms with Crippen molar-refractivity contribution in [3.63, 3.8) is 0 Å². The van der Waals surface area contributed by atoms with E-state index < -0.39 is 0 Å². The average Bonchev–Trinajstić information content (AvgIpc) is 2.64. The maximum atomic E-state index is 11.2. The molecule has 0 aromatic heterocycles. The van der Waals surface area contributed by atoms with E-state index in [2.05, 4.69) is 10.8 Å². The molecular weight excluding hydrogens is 302 g/mol. The van der Waals surface area contributed by atoms with Gasteiger partial charge in [0, 0.05) is 12.0 Å². The van der Waals surface area contributed by atoms with E-state index in [0.29, 0.717) is 12.0 Å². The number of nitrogens with zero attached hydrogens (tertiary/aromatic N) is 1. The topological polar surface area (TPSA) is 59.3 Å². The molecule has 0 amide bonds. The number of rotatable bonds is 7. The Bertz CT molecular complexity index is 747. The van der Waals surface area contributed by atoms with Crippen molar-refractivity contribution in [2.45, 2.75) is 25.7 Å². The standard InChI is InChI=1S/C20H21NO3/c1-23-18-11-6-9-16(13-18)20-15(8-5-10-17(20)14-21)7-3-4-12-19(22)24-2/h5-6,8-11,13H,3-4,7,12H2,1-2H3. The van der Waals surface area contributed by atoms with E-state index in [1.807, 2.05) is 42.5 Å². The van der Waals surface area contributed by atoms with Crippen molar-refractivity contribution in [3.8, 4) is 22.9 Å². The second-order valence-corrected chi connectivity index (χ2v) is 5.47. The van der Waals surface area contributed by atoms with Crippen molar-refractivity contribution in [2.75, 3.05) is 14.2 Å². The quantitative estimate of drug-likeness (QED) is 0.568. The molecule has 0 saturated heterocycles. The fourth-order valence-electron chi connectivity index (χ4n) is 2.71. The maximum Gasteiger partial charge on any atom is 0.305 e. The van der Waals surface area contributed by atoms with E-state index in [-0.39, 0.29) is 5.97 Å². The van der Waals surface area contributed by atoms with E-state index in [0.717, 1.165) is 41.7 Å². The highest BCUT2D eigenvalue weighted by Gasteiger charge is 2.11. The third-order valence-corrected chi connectivity index (χ3v) is 3.93. The van der Waals surface area contributed by atoms with Gasteiger partial charge < -0.3 is 9.47 Å². The Morgan fingerprint density at radius 2 is 1.92 bits per heavy atom. The van der Waals surface area contributed by atoms with Gasteiger partial charge in [0.25, 0.3) is 0 Å². The lowest BCUT2D eigenvalue weighted by Gasteiger charge is -2.13. The van der Waals surface area contributed by atoms with Gasteiger partial charge in [0.2, 0.25) is 0 Å². The van der Waals surface area contributed by atoms with Gasteiger partial charge in [0.1, 0.15) is 5.75 Å². The SMILES string of the molecule is COC(=O)CCCCc1cccc(C#N)c1-c1cccc(OC)c1. The first-order valence-electron chi connectivity index (χ1n) is 7.92. The van der Waals surface area contributed by atoms with Crippen LogP contribution in [0.25, 0.3) is 11.1 Å². The van der Waals surface area contributed by atoms with Crippen molar-refractivity contribution >= 4 is 5.97 Å². The highest BCUT2D eigenvalue weighted by atomic mass is 16.5. The van der Waals surface area contributed by atoms with Gasteiger partial charge >= 0.3 is 5.97 Å². The van der Waals surface area contributed by atoms with Gasteiger partial charge in [-0.3, -0.25) is 4.79 Å². The minimum atomic E-state index is -0.186. The number of aryl methyl sites for hydroxylation is 1. The molecule has 0 bridgehead atoms. The summed E-state index contributed by atoms with van der Waals surface area (Å²) in [5.74, 6) is 0.575. The third kappa shape index (κ3) is 4.36. The first-order chi connectivity index (χ1) is 11.7. The van der Waals surface area contributed by atoms with Gasteiger partial charge in [-0.05, 0) is 48.6 Å². The molecule has 2 aromatic carbocycles. The average molecular weight is 323 g/mol. The van der Waals surface area contributed by atoms with Gasteiger partial charge in [-0.15, -0.1) is 0 Å². The Labute approximate surface area is 142 Å². The molecule has 0 fully saturated rings. The van der Waals surface area contributed by atoms with Crippen LogP contribution in [0.2, 0.25) is 0 Å². The number of benzene rings is 2. The zero-order chi connectivity index (χ0) is 17.4. The number of hydrogen-bond acceptors (Lipinski definition) is 4. The minimum absolute atomic E-state index is 0.186. The molecule has 0 radical (unpaired) electrons. The lowest BCUT2D eigenvalue weighted by molar-refractivity contribution is -0.140. The molecule has 0 atom stereocenters. The number of methoxy groups -OCH3 is 2. The fourth-order valence-corrected chi connectivity index (χ4v) is 2.71. The summed E-state index contributed by atoms with van der Waals surface area (Å²) < 4.78 is 9.95. The Morgan fingerprint density at radius 3 is 2.62 bits per heavy atom. The smallest absolute Gasteiger partial charge is 0.305 e. The van der Waals surface area contributed by atoms with Gasteiger partial charge in [0.05, 0.1) is 25.9 Å². The highest BCUT2D eigenvalue weighted by molar-refractivity contribution is 5.75. The molecule has 0 aliphatic heterocycles. The Morgan fingerprint density at radius 1 is 1.12 bits per heavy atom. The fraction of sp³-hybridized carbons (Fsp3) is 0.300. The summed E-state index contributed by atoms with van der Waals surface area (Å²) in [6, 6.07) is 15.8. The number of unbranched alkanes of at least 4 members (excludes halogenated alkanes) is 1. The minimum Gasteiger partial charge on any atom is -0.497 e. The van der Waals surface area contributed by atoms with Gasteiger partial charge in [-0.1, -0.05) is 24.3 Å². The number of hydrogen-bond donors (Lipinski definition) is 0. The third-order valence-electron chi connectivity index (χ3n) is 3.93. The molecule has 0 aliphatic carbocycles. The molecule has 24 heavy (non-hydrogen) atoms. The number of carbonyl (C=O) groups is 1. The number of ether oxygens (including phenoxy) is 2. The summed E-state index contributed by atoms with van der Waals surface area (Å²) in [6.45, 7) is 0. The van der Waals surface area contributed by atoms with Crippen molar-refractivity contribution in [3.05, 3.63) is 53.6 Å². The highest BCUT2D eigenvalue weighted by Crippen LogP contribution is 2.31. The molecule has 4 nitrogen and oxygen atoms in total. The molecule has 2 aromatic rings. The van der Waals surface area contributed by atoms with Crippen molar-refractivity contribution in [1.82, 2.24) is 0 Å². The zero-order valence-electron chi connectivity index (χ0n) is 14.0. The summed E-state index contributed by atoms with van der Waals surface area (Å²) >= 11 is 0. The summed E-state index contributed by atoms with van der Waals surface area (Å²) in [6.07, 6.45) is 2.85. The predicted molar refractivity (Wildman–Crippen MR) is 92.7 cm³/mol. The Kier molecular flexibility index (Phi) is 6.39. The van der Waals surface area contributed by atoms with Crippen LogP contribution in [0.1, 0.15) is 30.4 Å². The molecule has 2 rings (SSSR count). The monoisotopic (exact) mass is 323 g/mol. The summed E-state index contributed by atoms with van der Waals surface area (Å²) in [5.41, 5.74) is 3.66. The van der Waals surface area contributed by atoms with Crippen LogP contribution >= 0.6 is 0 Å². The van der Waals surface area contributed by atoms with Crippen LogP contribution in [-0.2, 0) is 16.0 Å². The maximum absolute atomic E-state index is 11.2. The van der Waals surface area contributed by atoms with Gasteiger partial charge in [-0.25, -0.2) is 0 Å². The molecule has 0 heterocycles. The van der Waals surface area contributed by atoms with E-state index in [9.17, 15) is 10.1 Å². The Balaban J connectivity index is 2.25. The van der Waals surface area contributed by atoms with Crippen LogP contribution in [0, 0.1) is 11.3 Å². The molecule has 0 spiro atoms. The van der Waals surface area contributed by atoms with Crippen molar-refractivity contribution in [1.29, 1.82) is 5.26 Å². The molecule has 124 valence electrons. The normalized spacial score (nSPS) is 10.0. The van der Waals surface area contributed by atoms with Crippen LogP contribution in [0.15, 0.2) is 42.5 Å². The van der Waals surface area contributed by atoms with E-state index in [1.165, 1.54) is 7.11 Å². The first kappa shape index (κ1) is 17.6. The molecule has 0 saturated carbocycles. The molecular formula is C20H21NO3. The molecule has 4 heteroatoms. The lowest BCUT2D eigenvalue weighted by Crippen LogP contribution is -2.00. The van der Waals surface area contributed by atoms with Gasteiger partial charge in [-0.2, -0.15) is 5.26 Å². The second-order valence-electron chi connectivity index (χ2n) is 5.47. The zero-order valence-corrected chi connectivity index (χ0v) is 14.0. The summed E-state index contributed by atoms with van der Waals surface area (Å²) in [5, 5.41) is 9.46. The number of carbonyl (C=O) groups excluding carboxylic acids is 1. The van der Waals surface area contributed by atoms with Crippen LogP contribution in [0.3, 0.4) is 0 Å². The second kappa shape index (κ2) is 8.73. The molecule has 0 N–H and O–H groups in total. The Hall–Kier alpha value is -2.80. The summed E-state index contributed by atoms with van der Waals surface area (Å²) in [7, 11) is 3.03. The number of nitriles is 1. The predicted octanol–water partition coefficient (Wildman–Crippen LogP) is 4.12. The van der Waals surface area contributed by atoms with E-state index >= 15 is 0 Å². The number of esters is 1. The van der Waals surface area contributed by atoms with Crippen LogP contribution in [0.4, 0.5) is 0 Å². The van der Waals surface area contributed by atoms with Gasteiger partial charge in [0.15, 0.2) is 0 Å². The first-order valence-corrected chi connectivity index (χ1v) is 7.92. The molecule has 0 unspecified atom stereocenters. The van der Waals surface area contributed by atoms with Crippen LogP contribution < -0.4 is 4.74 Å². The van der Waals surface area contributed by atoms with Crippen molar-refractivity contribution < 1.29 is 14.3 Å².